The molecule has 0 aliphatic carbocycles. The Balaban J connectivity index is 1.47. The maximum absolute atomic E-state index is 11.3. The monoisotopic (exact) mass is 401 g/mol. The van der Waals surface area contributed by atoms with Gasteiger partial charge < -0.3 is 20.6 Å². The summed E-state index contributed by atoms with van der Waals surface area (Å²) < 4.78 is 5.85. The number of nitrogens with zero attached hydrogens (tertiary/aromatic N) is 1. The molecule has 4 rings (SSSR count). The van der Waals surface area contributed by atoms with Crippen LogP contribution in [0.4, 0.5) is 0 Å². The number of nitrogens with two attached hydrogens (primary N) is 1. The highest BCUT2D eigenvalue weighted by Crippen LogP contribution is 2.26. The minimum absolute atomic E-state index is 0.104. The molecule has 0 bridgehead atoms. The molecule has 1 heterocycles. The van der Waals surface area contributed by atoms with E-state index in [1.807, 2.05) is 48.5 Å². The summed E-state index contributed by atoms with van der Waals surface area (Å²) in [6.45, 7) is 0. The molecule has 150 valence electrons. The lowest BCUT2D eigenvalue weighted by atomic mass is 10.1. The number of nitrogens with one attached hydrogen (secondary N) is 1. The molecule has 1 amide bonds. The Labute approximate surface area is 172 Å². The molecule has 7 nitrogen and oxygen atoms in total. The Morgan fingerprint density at radius 1 is 0.967 bits per heavy atom. The first-order valence-corrected chi connectivity index (χ1v) is 9.36. The molecule has 0 atom stereocenters. The van der Waals surface area contributed by atoms with E-state index in [-0.39, 0.29) is 6.42 Å². The number of benzene rings is 3. The molecular formula is C23H19N3O4. The minimum Gasteiger partial charge on any atom is -0.481 e. The summed E-state index contributed by atoms with van der Waals surface area (Å²) in [4.78, 5) is 29.7. The maximum Gasteiger partial charge on any atom is 0.303 e. The summed E-state index contributed by atoms with van der Waals surface area (Å²) in [6.07, 6.45) is 0.593. The van der Waals surface area contributed by atoms with E-state index < -0.39 is 11.9 Å². The number of aromatic amines is 1. The predicted molar refractivity (Wildman–Crippen MR) is 113 cm³/mol. The van der Waals surface area contributed by atoms with Crippen molar-refractivity contribution in [2.45, 2.75) is 12.8 Å². The van der Waals surface area contributed by atoms with Crippen LogP contribution in [0.1, 0.15) is 22.3 Å². The number of carboxylic acids is 1. The van der Waals surface area contributed by atoms with Gasteiger partial charge in [0, 0.05) is 17.5 Å². The molecule has 0 unspecified atom stereocenters. The number of H-pyrrole nitrogens is 1. The number of fused-ring (bicyclic) bond motifs is 1. The number of imidazole rings is 1. The lowest BCUT2D eigenvalue weighted by Gasteiger charge is -2.07. The van der Waals surface area contributed by atoms with Crippen molar-refractivity contribution in [3.05, 3.63) is 77.9 Å². The summed E-state index contributed by atoms with van der Waals surface area (Å²) in [7, 11) is 0. The molecule has 0 spiro atoms. The van der Waals surface area contributed by atoms with Gasteiger partial charge in [-0.1, -0.05) is 12.1 Å². The fraction of sp³-hybridized carbons (Fsp3) is 0.0870. The Hall–Kier alpha value is -4.13. The van der Waals surface area contributed by atoms with Crippen molar-refractivity contribution in [1.82, 2.24) is 9.97 Å². The third kappa shape index (κ3) is 4.30. The van der Waals surface area contributed by atoms with Gasteiger partial charge in [-0.05, 0) is 66.6 Å². The number of carbonyl (C=O) groups is 2. The van der Waals surface area contributed by atoms with Gasteiger partial charge in [-0.25, -0.2) is 4.98 Å². The molecule has 3 aromatic carbocycles. The lowest BCUT2D eigenvalue weighted by Crippen LogP contribution is -2.10. The zero-order chi connectivity index (χ0) is 21.1. The molecule has 1 aromatic heterocycles. The number of aryl methyl sites for hydroxylation is 1. The van der Waals surface area contributed by atoms with Crippen molar-refractivity contribution in [3.8, 4) is 22.9 Å². The number of primary amides is 1. The number of hydrogen-bond acceptors (Lipinski definition) is 4. The van der Waals surface area contributed by atoms with Gasteiger partial charge in [0.05, 0.1) is 11.0 Å². The number of carboxylic acid groups (broad SMARTS) is 1. The van der Waals surface area contributed by atoms with Crippen LogP contribution >= 0.6 is 0 Å². The van der Waals surface area contributed by atoms with Gasteiger partial charge in [0.25, 0.3) is 0 Å². The Bertz CT molecular complexity index is 1210. The van der Waals surface area contributed by atoms with E-state index in [0.29, 0.717) is 29.3 Å². The number of carbonyl (C=O) groups excluding carboxylic acids is 1. The van der Waals surface area contributed by atoms with Gasteiger partial charge in [0.2, 0.25) is 5.91 Å². The number of rotatable bonds is 7. The SMILES string of the molecule is NC(=O)c1ccc2nc(-c3ccc(Oc4ccc(CCC(=O)O)cc4)cc3)[nH]c2c1. The third-order valence-corrected chi connectivity index (χ3v) is 4.68. The molecule has 0 saturated carbocycles. The van der Waals surface area contributed by atoms with Crippen LogP contribution in [0, 0.1) is 0 Å². The molecule has 0 radical (unpaired) electrons. The number of amides is 1. The first kappa shape index (κ1) is 19.2. The molecule has 0 saturated heterocycles. The zero-order valence-corrected chi connectivity index (χ0v) is 16.0. The molecule has 0 fully saturated rings. The van der Waals surface area contributed by atoms with Gasteiger partial charge >= 0.3 is 5.97 Å². The Morgan fingerprint density at radius 2 is 1.63 bits per heavy atom. The molecule has 4 N–H and O–H groups in total. The second kappa shape index (κ2) is 8.08. The molecule has 0 aliphatic rings. The number of hydrogen-bond donors (Lipinski definition) is 3. The highest BCUT2D eigenvalue weighted by Gasteiger charge is 2.09. The average molecular weight is 401 g/mol. The van der Waals surface area contributed by atoms with Crippen molar-refractivity contribution in [2.24, 2.45) is 5.73 Å². The van der Waals surface area contributed by atoms with E-state index >= 15 is 0 Å². The van der Waals surface area contributed by atoms with Gasteiger partial charge in [-0.15, -0.1) is 0 Å². The van der Waals surface area contributed by atoms with E-state index in [1.54, 1.807) is 18.2 Å². The van der Waals surface area contributed by atoms with Crippen LogP contribution in [0.3, 0.4) is 0 Å². The van der Waals surface area contributed by atoms with Crippen LogP contribution < -0.4 is 10.5 Å². The predicted octanol–water partition coefficient (Wildman–Crippen LogP) is 4.14. The van der Waals surface area contributed by atoms with E-state index in [2.05, 4.69) is 9.97 Å². The summed E-state index contributed by atoms with van der Waals surface area (Å²) in [5.41, 5.74) is 9.07. The van der Waals surface area contributed by atoms with E-state index in [1.165, 1.54) is 0 Å². The van der Waals surface area contributed by atoms with Crippen molar-refractivity contribution in [3.63, 3.8) is 0 Å². The first-order chi connectivity index (χ1) is 14.5. The number of aliphatic carboxylic acids is 1. The minimum atomic E-state index is -0.812. The van der Waals surface area contributed by atoms with Crippen LogP contribution in [0.2, 0.25) is 0 Å². The second-order valence-electron chi connectivity index (χ2n) is 6.85. The van der Waals surface area contributed by atoms with Crippen molar-refractivity contribution in [2.75, 3.05) is 0 Å². The topological polar surface area (TPSA) is 118 Å². The van der Waals surface area contributed by atoms with Gasteiger partial charge in [0.1, 0.15) is 17.3 Å². The maximum atomic E-state index is 11.3. The van der Waals surface area contributed by atoms with Crippen LogP contribution in [0.15, 0.2) is 66.7 Å². The fourth-order valence-corrected chi connectivity index (χ4v) is 3.09. The second-order valence-corrected chi connectivity index (χ2v) is 6.85. The third-order valence-electron chi connectivity index (χ3n) is 4.68. The van der Waals surface area contributed by atoms with Gasteiger partial charge in [0.15, 0.2) is 0 Å². The average Bonchev–Trinajstić information content (AvgIpc) is 3.17. The number of ether oxygens (including phenoxy) is 1. The largest absolute Gasteiger partial charge is 0.481 e. The normalized spacial score (nSPS) is 10.8. The van der Waals surface area contributed by atoms with Crippen molar-refractivity contribution >= 4 is 22.9 Å². The number of aromatic nitrogens is 2. The molecule has 4 aromatic rings. The van der Waals surface area contributed by atoms with E-state index in [9.17, 15) is 9.59 Å². The Kier molecular flexibility index (Phi) is 5.17. The van der Waals surface area contributed by atoms with Crippen LogP contribution in [-0.2, 0) is 11.2 Å². The van der Waals surface area contributed by atoms with Crippen LogP contribution in [0.5, 0.6) is 11.5 Å². The van der Waals surface area contributed by atoms with Gasteiger partial charge in [-0.2, -0.15) is 0 Å². The highest BCUT2D eigenvalue weighted by molar-refractivity contribution is 5.96. The molecule has 0 aliphatic heterocycles. The van der Waals surface area contributed by atoms with E-state index in [4.69, 9.17) is 15.6 Å². The molecule has 7 heteroatoms. The van der Waals surface area contributed by atoms with Crippen LogP contribution in [0.25, 0.3) is 22.4 Å². The fourth-order valence-electron chi connectivity index (χ4n) is 3.09. The Morgan fingerprint density at radius 3 is 2.27 bits per heavy atom. The smallest absolute Gasteiger partial charge is 0.303 e. The summed E-state index contributed by atoms with van der Waals surface area (Å²) in [6, 6.07) is 19.9. The van der Waals surface area contributed by atoms with Crippen LogP contribution in [-0.4, -0.2) is 27.0 Å². The molecule has 30 heavy (non-hydrogen) atoms. The molecular weight excluding hydrogens is 382 g/mol. The summed E-state index contributed by atoms with van der Waals surface area (Å²) in [5.74, 6) is 0.729. The first-order valence-electron chi connectivity index (χ1n) is 9.36. The van der Waals surface area contributed by atoms with Gasteiger partial charge in [-0.3, -0.25) is 9.59 Å². The summed E-state index contributed by atoms with van der Waals surface area (Å²) in [5, 5.41) is 8.75. The van der Waals surface area contributed by atoms with Crippen molar-refractivity contribution in [1.29, 1.82) is 0 Å². The lowest BCUT2D eigenvalue weighted by molar-refractivity contribution is -0.136. The quantitative estimate of drug-likeness (QED) is 0.430. The standard InChI is InChI=1S/C23H19N3O4/c24-22(29)16-6-11-19-20(13-16)26-23(25-19)15-4-9-18(10-5-15)30-17-7-1-14(2-8-17)3-12-21(27)28/h1-2,4-11,13H,3,12H2,(H2,24,29)(H,25,26)(H,27,28). The highest BCUT2D eigenvalue weighted by atomic mass is 16.5. The van der Waals surface area contributed by atoms with Crippen molar-refractivity contribution < 1.29 is 19.4 Å². The van der Waals surface area contributed by atoms with E-state index in [0.717, 1.165) is 22.2 Å². The summed E-state index contributed by atoms with van der Waals surface area (Å²) >= 11 is 0. The zero-order valence-electron chi connectivity index (χ0n) is 16.0.